The largest absolute Gasteiger partial charge is 0.497 e. The summed E-state index contributed by atoms with van der Waals surface area (Å²) < 4.78 is 42.6. The van der Waals surface area contributed by atoms with Gasteiger partial charge in [0, 0.05) is 17.7 Å². The maximum Gasteiger partial charge on any atom is 0.490 e. The van der Waals surface area contributed by atoms with Crippen LogP contribution in [0.15, 0.2) is 18.2 Å². The third-order valence-electron chi connectivity index (χ3n) is 4.28. The van der Waals surface area contributed by atoms with Gasteiger partial charge in [-0.25, -0.2) is 4.79 Å². The zero-order valence-electron chi connectivity index (χ0n) is 15.8. The van der Waals surface area contributed by atoms with Crippen molar-refractivity contribution in [3.8, 4) is 11.5 Å². The number of methoxy groups -OCH3 is 2. The minimum absolute atomic E-state index is 0.479. The molecule has 1 aromatic carbocycles. The summed E-state index contributed by atoms with van der Waals surface area (Å²) in [6, 6.07) is 6.65. The van der Waals surface area contributed by atoms with E-state index in [-0.39, 0.29) is 0 Å². The van der Waals surface area contributed by atoms with Crippen molar-refractivity contribution < 1.29 is 32.5 Å². The van der Waals surface area contributed by atoms with Gasteiger partial charge in [0.25, 0.3) is 0 Å². The van der Waals surface area contributed by atoms with Gasteiger partial charge in [-0.05, 0) is 52.0 Å². The van der Waals surface area contributed by atoms with Crippen molar-refractivity contribution in [2.75, 3.05) is 40.9 Å². The lowest BCUT2D eigenvalue weighted by Crippen LogP contribution is -2.26. The molecule has 2 rings (SSSR count). The van der Waals surface area contributed by atoms with E-state index in [1.54, 1.807) is 14.2 Å². The predicted octanol–water partition coefficient (Wildman–Crippen LogP) is 3.08. The normalized spacial score (nSPS) is 17.2. The van der Waals surface area contributed by atoms with Crippen LogP contribution in [0.5, 0.6) is 11.5 Å². The van der Waals surface area contributed by atoms with Crippen LogP contribution in [-0.2, 0) is 4.79 Å². The molecule has 0 amide bonds. The molecule has 9 heteroatoms. The van der Waals surface area contributed by atoms with Crippen LogP contribution < -0.4 is 14.8 Å². The zero-order valence-corrected chi connectivity index (χ0v) is 15.8. The van der Waals surface area contributed by atoms with Crippen LogP contribution in [0.4, 0.5) is 13.2 Å². The first-order valence-corrected chi connectivity index (χ1v) is 8.65. The van der Waals surface area contributed by atoms with Gasteiger partial charge in [-0.15, -0.1) is 0 Å². The molecule has 1 heterocycles. The van der Waals surface area contributed by atoms with E-state index in [0.717, 1.165) is 24.6 Å². The SMILES string of the molecule is CNCCCN1CCCC1c1ccc(OC)cc1OC.O=C(O)C(F)(F)F. The second kappa shape index (κ2) is 11.0. The van der Waals surface area contributed by atoms with Gasteiger partial charge < -0.3 is 19.9 Å². The molecule has 27 heavy (non-hydrogen) atoms. The number of likely N-dealkylation sites (tertiary alicyclic amines) is 1. The monoisotopic (exact) mass is 392 g/mol. The van der Waals surface area contributed by atoms with Crippen LogP contribution in [0.1, 0.15) is 30.9 Å². The molecule has 2 N–H and O–H groups in total. The molecular weight excluding hydrogens is 365 g/mol. The number of halogens is 3. The average molecular weight is 392 g/mol. The zero-order chi connectivity index (χ0) is 20.4. The highest BCUT2D eigenvalue weighted by atomic mass is 19.4. The second-order valence-corrected chi connectivity index (χ2v) is 6.06. The highest BCUT2D eigenvalue weighted by Crippen LogP contribution is 2.38. The van der Waals surface area contributed by atoms with E-state index in [9.17, 15) is 13.2 Å². The Morgan fingerprint density at radius 1 is 1.33 bits per heavy atom. The lowest BCUT2D eigenvalue weighted by molar-refractivity contribution is -0.192. The molecule has 1 aliphatic heterocycles. The molecule has 0 bridgehead atoms. The minimum atomic E-state index is -5.08. The molecule has 0 spiro atoms. The third kappa shape index (κ3) is 7.26. The van der Waals surface area contributed by atoms with Gasteiger partial charge in [-0.2, -0.15) is 13.2 Å². The van der Waals surface area contributed by atoms with Crippen LogP contribution in [0, 0.1) is 0 Å². The van der Waals surface area contributed by atoms with E-state index in [4.69, 9.17) is 19.4 Å². The summed E-state index contributed by atoms with van der Waals surface area (Å²) in [6.07, 6.45) is -1.42. The summed E-state index contributed by atoms with van der Waals surface area (Å²) in [4.78, 5) is 11.5. The lowest BCUT2D eigenvalue weighted by atomic mass is 10.0. The number of carboxylic acids is 1. The molecule has 0 radical (unpaired) electrons. The van der Waals surface area contributed by atoms with Gasteiger partial charge in [0.1, 0.15) is 11.5 Å². The van der Waals surface area contributed by atoms with Crippen LogP contribution in [0.2, 0.25) is 0 Å². The van der Waals surface area contributed by atoms with Crippen molar-refractivity contribution >= 4 is 5.97 Å². The maximum absolute atomic E-state index is 10.6. The van der Waals surface area contributed by atoms with E-state index in [2.05, 4.69) is 16.3 Å². The van der Waals surface area contributed by atoms with Crippen LogP contribution in [0.3, 0.4) is 0 Å². The Morgan fingerprint density at radius 3 is 2.52 bits per heavy atom. The van der Waals surface area contributed by atoms with E-state index in [1.165, 1.54) is 31.4 Å². The van der Waals surface area contributed by atoms with Crippen molar-refractivity contribution in [2.24, 2.45) is 0 Å². The first-order valence-electron chi connectivity index (χ1n) is 8.65. The molecule has 1 aliphatic rings. The van der Waals surface area contributed by atoms with Crippen molar-refractivity contribution in [3.63, 3.8) is 0 Å². The molecule has 0 saturated carbocycles. The first-order chi connectivity index (χ1) is 12.7. The van der Waals surface area contributed by atoms with E-state index in [0.29, 0.717) is 6.04 Å². The Balaban J connectivity index is 0.000000445. The minimum Gasteiger partial charge on any atom is -0.497 e. The Hall–Kier alpha value is -2.00. The smallest absolute Gasteiger partial charge is 0.490 e. The number of alkyl halides is 3. The van der Waals surface area contributed by atoms with Crippen molar-refractivity contribution in [2.45, 2.75) is 31.5 Å². The molecule has 154 valence electrons. The molecule has 0 aliphatic carbocycles. The first kappa shape index (κ1) is 23.0. The molecule has 1 atom stereocenters. The third-order valence-corrected chi connectivity index (χ3v) is 4.28. The van der Waals surface area contributed by atoms with Gasteiger partial charge in [0.15, 0.2) is 0 Å². The summed E-state index contributed by atoms with van der Waals surface area (Å²) in [6.45, 7) is 3.40. The average Bonchev–Trinajstić information content (AvgIpc) is 3.09. The molecule has 1 aromatic rings. The van der Waals surface area contributed by atoms with Gasteiger partial charge in [-0.3, -0.25) is 4.90 Å². The van der Waals surface area contributed by atoms with E-state index in [1.807, 2.05) is 19.2 Å². The van der Waals surface area contributed by atoms with Crippen LogP contribution in [-0.4, -0.2) is 63.1 Å². The number of hydrogen-bond acceptors (Lipinski definition) is 5. The topological polar surface area (TPSA) is 71.0 Å². The number of hydrogen-bond donors (Lipinski definition) is 2. The van der Waals surface area contributed by atoms with Gasteiger partial charge in [0.05, 0.1) is 14.2 Å². The fourth-order valence-corrected chi connectivity index (χ4v) is 3.00. The Kier molecular flexibility index (Phi) is 9.37. The fraction of sp³-hybridized carbons (Fsp3) is 0.611. The van der Waals surface area contributed by atoms with Gasteiger partial charge in [-0.1, -0.05) is 6.07 Å². The Morgan fingerprint density at radius 2 is 2.00 bits per heavy atom. The number of aliphatic carboxylic acids is 1. The number of rotatable bonds is 7. The number of nitrogens with zero attached hydrogens (tertiary/aromatic N) is 1. The van der Waals surface area contributed by atoms with Crippen molar-refractivity contribution in [3.05, 3.63) is 23.8 Å². The standard InChI is InChI=1S/C16H26N2O2.C2HF3O2/c1-17-9-5-11-18-10-4-6-15(18)14-8-7-13(19-2)12-16(14)20-3;3-2(4,5)1(6)7/h7-8,12,15,17H,4-6,9-11H2,1-3H3;(H,6,7). The molecule has 0 aromatic heterocycles. The number of carbonyl (C=O) groups is 1. The second-order valence-electron chi connectivity index (χ2n) is 6.06. The quantitative estimate of drug-likeness (QED) is 0.695. The van der Waals surface area contributed by atoms with Gasteiger partial charge >= 0.3 is 12.1 Å². The summed E-state index contributed by atoms with van der Waals surface area (Å²) in [7, 11) is 5.43. The summed E-state index contributed by atoms with van der Waals surface area (Å²) >= 11 is 0. The highest BCUT2D eigenvalue weighted by Gasteiger charge is 2.38. The summed E-state index contributed by atoms with van der Waals surface area (Å²) in [5, 5.41) is 10.3. The molecule has 1 saturated heterocycles. The lowest BCUT2D eigenvalue weighted by Gasteiger charge is -2.26. The van der Waals surface area contributed by atoms with Crippen LogP contribution >= 0.6 is 0 Å². The summed E-state index contributed by atoms with van der Waals surface area (Å²) in [5.74, 6) is -0.965. The van der Waals surface area contributed by atoms with Crippen molar-refractivity contribution in [1.82, 2.24) is 10.2 Å². The highest BCUT2D eigenvalue weighted by molar-refractivity contribution is 5.73. The van der Waals surface area contributed by atoms with Crippen molar-refractivity contribution in [1.29, 1.82) is 0 Å². The maximum atomic E-state index is 10.6. The number of benzene rings is 1. The molecule has 6 nitrogen and oxygen atoms in total. The molecular formula is C18H27F3N2O4. The Bertz CT molecular complexity index is 596. The molecule has 1 fully saturated rings. The summed E-state index contributed by atoms with van der Waals surface area (Å²) in [5.41, 5.74) is 1.29. The molecule has 1 unspecified atom stereocenters. The van der Waals surface area contributed by atoms with Crippen LogP contribution in [0.25, 0.3) is 0 Å². The number of nitrogens with one attached hydrogen (secondary N) is 1. The fourth-order valence-electron chi connectivity index (χ4n) is 3.00. The predicted molar refractivity (Wildman–Crippen MR) is 95.3 cm³/mol. The van der Waals surface area contributed by atoms with E-state index >= 15 is 0 Å². The number of carboxylic acid groups (broad SMARTS) is 1. The Labute approximate surface area is 157 Å². The van der Waals surface area contributed by atoms with Gasteiger partial charge in [0.2, 0.25) is 0 Å². The van der Waals surface area contributed by atoms with E-state index < -0.39 is 12.1 Å². The number of ether oxygens (including phenoxy) is 2.